The minimum absolute atomic E-state index is 0.230. The lowest BCUT2D eigenvalue weighted by Crippen LogP contribution is -2.22. The van der Waals surface area contributed by atoms with E-state index in [2.05, 4.69) is 32.7 Å². The highest BCUT2D eigenvalue weighted by molar-refractivity contribution is 9.10. The van der Waals surface area contributed by atoms with Crippen molar-refractivity contribution in [1.82, 2.24) is 4.98 Å². The third kappa shape index (κ3) is 2.85. The van der Waals surface area contributed by atoms with Gasteiger partial charge in [-0.05, 0) is 52.7 Å². The van der Waals surface area contributed by atoms with Crippen LogP contribution in [0.3, 0.4) is 0 Å². The lowest BCUT2D eigenvalue weighted by Gasteiger charge is -2.27. The van der Waals surface area contributed by atoms with E-state index >= 15 is 0 Å². The van der Waals surface area contributed by atoms with Crippen molar-refractivity contribution in [3.8, 4) is 0 Å². The lowest BCUT2D eigenvalue weighted by atomic mass is 10.1. The van der Waals surface area contributed by atoms with E-state index in [1.807, 2.05) is 43.4 Å². The Morgan fingerprint density at radius 2 is 1.89 bits per heavy atom. The maximum atomic E-state index is 5.90. The van der Waals surface area contributed by atoms with Crippen LogP contribution in [0, 0.1) is 0 Å². The van der Waals surface area contributed by atoms with Crippen molar-refractivity contribution in [3.63, 3.8) is 0 Å². The topological polar surface area (TPSA) is 16.1 Å². The van der Waals surface area contributed by atoms with Gasteiger partial charge < -0.3 is 4.90 Å². The Kier molecular flexibility index (Phi) is 4.25. The Labute approximate surface area is 121 Å². The molecular formula is C14H14BrClN2. The number of hydrogen-bond donors (Lipinski definition) is 0. The van der Waals surface area contributed by atoms with Gasteiger partial charge in [0.25, 0.3) is 0 Å². The maximum absolute atomic E-state index is 5.90. The smallest absolute Gasteiger partial charge is 0.143 e. The minimum atomic E-state index is 0.230. The molecule has 0 aliphatic heterocycles. The van der Waals surface area contributed by atoms with Crippen molar-refractivity contribution in [2.24, 2.45) is 0 Å². The average Bonchev–Trinajstić information content (AvgIpc) is 2.38. The summed E-state index contributed by atoms with van der Waals surface area (Å²) in [7, 11) is 2.03. The number of rotatable bonds is 3. The quantitative estimate of drug-likeness (QED) is 0.813. The molecule has 0 aliphatic rings. The third-order valence-electron chi connectivity index (χ3n) is 3.01. The number of halogens is 2. The van der Waals surface area contributed by atoms with E-state index in [4.69, 9.17) is 11.6 Å². The van der Waals surface area contributed by atoms with E-state index in [9.17, 15) is 0 Å². The summed E-state index contributed by atoms with van der Waals surface area (Å²) in [5.41, 5.74) is 1.21. The normalized spacial score (nSPS) is 12.2. The van der Waals surface area contributed by atoms with E-state index in [-0.39, 0.29) is 6.04 Å². The molecular weight excluding hydrogens is 312 g/mol. The van der Waals surface area contributed by atoms with Crippen molar-refractivity contribution in [3.05, 3.63) is 57.7 Å². The highest BCUT2D eigenvalue weighted by atomic mass is 79.9. The summed E-state index contributed by atoms with van der Waals surface area (Å²) in [5, 5.41) is 0.757. The van der Waals surface area contributed by atoms with Crippen LogP contribution in [0.4, 0.5) is 5.82 Å². The summed E-state index contributed by atoms with van der Waals surface area (Å²) in [4.78, 5) is 6.53. The van der Waals surface area contributed by atoms with Crippen molar-refractivity contribution in [1.29, 1.82) is 0 Å². The molecule has 2 nitrogen and oxygen atoms in total. The number of pyridine rings is 1. The molecule has 1 unspecified atom stereocenters. The first-order valence-corrected chi connectivity index (χ1v) is 6.85. The molecule has 0 amide bonds. The van der Waals surface area contributed by atoms with Crippen molar-refractivity contribution in [2.75, 3.05) is 11.9 Å². The fourth-order valence-electron chi connectivity index (χ4n) is 1.79. The highest BCUT2D eigenvalue weighted by Gasteiger charge is 2.15. The van der Waals surface area contributed by atoms with Gasteiger partial charge in [-0.3, -0.25) is 0 Å². The highest BCUT2D eigenvalue weighted by Crippen LogP contribution is 2.29. The first-order chi connectivity index (χ1) is 8.59. The maximum Gasteiger partial charge on any atom is 0.143 e. The number of aromatic nitrogens is 1. The van der Waals surface area contributed by atoms with Gasteiger partial charge in [0.1, 0.15) is 5.82 Å². The van der Waals surface area contributed by atoms with Crippen molar-refractivity contribution < 1.29 is 0 Å². The minimum Gasteiger partial charge on any atom is -0.352 e. The molecule has 4 heteroatoms. The summed E-state index contributed by atoms with van der Waals surface area (Å²) < 4.78 is 0.994. The zero-order valence-electron chi connectivity index (χ0n) is 10.3. The number of hydrogen-bond acceptors (Lipinski definition) is 2. The average molecular weight is 326 g/mol. The van der Waals surface area contributed by atoms with Crippen LogP contribution in [0.5, 0.6) is 0 Å². The molecule has 0 radical (unpaired) electrons. The van der Waals surface area contributed by atoms with Gasteiger partial charge in [0.15, 0.2) is 0 Å². The first-order valence-electron chi connectivity index (χ1n) is 5.68. The van der Waals surface area contributed by atoms with Crippen LogP contribution in [-0.4, -0.2) is 12.0 Å². The molecule has 0 bridgehead atoms. The molecule has 0 aliphatic carbocycles. The van der Waals surface area contributed by atoms with Gasteiger partial charge in [-0.25, -0.2) is 4.98 Å². The van der Waals surface area contributed by atoms with E-state index in [1.54, 1.807) is 6.20 Å². The number of anilines is 1. The van der Waals surface area contributed by atoms with Crippen LogP contribution in [0.15, 0.2) is 47.1 Å². The van der Waals surface area contributed by atoms with Gasteiger partial charge in [0.2, 0.25) is 0 Å². The summed E-state index contributed by atoms with van der Waals surface area (Å²) in [5.74, 6) is 0.931. The molecule has 1 aromatic carbocycles. The van der Waals surface area contributed by atoms with Crippen molar-refractivity contribution >= 4 is 33.3 Å². The second-order valence-corrected chi connectivity index (χ2v) is 5.44. The summed E-state index contributed by atoms with van der Waals surface area (Å²) in [6.07, 6.45) is 1.80. The molecule has 0 N–H and O–H groups in total. The Morgan fingerprint density at radius 1 is 1.22 bits per heavy atom. The summed E-state index contributed by atoms with van der Waals surface area (Å²) in [6, 6.07) is 12.0. The van der Waals surface area contributed by atoms with Gasteiger partial charge in [0, 0.05) is 18.3 Å². The van der Waals surface area contributed by atoms with Gasteiger partial charge in [-0.15, -0.1) is 0 Å². The van der Waals surface area contributed by atoms with E-state index < -0.39 is 0 Å². The number of nitrogens with zero attached hydrogens (tertiary/aromatic N) is 2. The Morgan fingerprint density at radius 3 is 2.50 bits per heavy atom. The van der Waals surface area contributed by atoms with Crippen molar-refractivity contribution in [2.45, 2.75) is 13.0 Å². The van der Waals surface area contributed by atoms with Crippen LogP contribution in [0.2, 0.25) is 5.02 Å². The molecule has 94 valence electrons. The molecule has 2 aromatic rings. The zero-order chi connectivity index (χ0) is 13.1. The first kappa shape index (κ1) is 13.4. The Balaban J connectivity index is 2.26. The molecule has 2 rings (SSSR count). The van der Waals surface area contributed by atoms with Gasteiger partial charge in [-0.2, -0.15) is 0 Å². The van der Waals surface area contributed by atoms with Gasteiger partial charge in [0.05, 0.1) is 10.5 Å². The third-order valence-corrected chi connectivity index (χ3v) is 3.88. The SMILES string of the molecule is CC(c1ccc(Cl)cc1)N(C)c1ncccc1Br. The molecule has 1 aromatic heterocycles. The largest absolute Gasteiger partial charge is 0.352 e. The Hall–Kier alpha value is -1.06. The number of benzene rings is 1. The predicted octanol–water partition coefficient (Wildman–Crippen LogP) is 4.69. The fourth-order valence-corrected chi connectivity index (χ4v) is 2.45. The van der Waals surface area contributed by atoms with Gasteiger partial charge in [-0.1, -0.05) is 23.7 Å². The molecule has 18 heavy (non-hydrogen) atoms. The van der Waals surface area contributed by atoms with Crippen LogP contribution < -0.4 is 4.90 Å². The van der Waals surface area contributed by atoms with Gasteiger partial charge >= 0.3 is 0 Å². The van der Waals surface area contributed by atoms with E-state index in [1.165, 1.54) is 5.56 Å². The second-order valence-electron chi connectivity index (χ2n) is 4.15. The molecule has 1 heterocycles. The predicted molar refractivity (Wildman–Crippen MR) is 80.2 cm³/mol. The summed E-state index contributed by atoms with van der Waals surface area (Å²) >= 11 is 9.43. The zero-order valence-corrected chi connectivity index (χ0v) is 12.6. The molecule has 1 atom stereocenters. The van der Waals surface area contributed by atoms with Crippen LogP contribution >= 0.6 is 27.5 Å². The lowest BCUT2D eigenvalue weighted by molar-refractivity contribution is 0.727. The van der Waals surface area contributed by atoms with Crippen LogP contribution in [-0.2, 0) is 0 Å². The Bertz CT molecular complexity index is 528. The molecule has 0 spiro atoms. The monoisotopic (exact) mass is 324 g/mol. The molecule has 0 saturated carbocycles. The van der Waals surface area contributed by atoms with Crippen LogP contribution in [0.1, 0.15) is 18.5 Å². The van der Waals surface area contributed by atoms with E-state index in [0.717, 1.165) is 15.3 Å². The standard InChI is InChI=1S/C14H14BrClN2/c1-10(11-5-7-12(16)8-6-11)18(2)14-13(15)4-3-9-17-14/h3-10H,1-2H3. The molecule has 0 fully saturated rings. The second kappa shape index (κ2) is 5.72. The van der Waals surface area contributed by atoms with E-state index in [0.29, 0.717) is 0 Å². The van der Waals surface area contributed by atoms with Crippen LogP contribution in [0.25, 0.3) is 0 Å². The molecule has 0 saturated heterocycles. The summed E-state index contributed by atoms with van der Waals surface area (Å²) in [6.45, 7) is 2.14. The fraction of sp³-hybridized carbons (Fsp3) is 0.214.